The van der Waals surface area contributed by atoms with Crippen molar-refractivity contribution in [3.05, 3.63) is 35.6 Å². The van der Waals surface area contributed by atoms with Gasteiger partial charge in [-0.15, -0.1) is 0 Å². The van der Waals surface area contributed by atoms with E-state index in [4.69, 9.17) is 0 Å². The van der Waals surface area contributed by atoms with Crippen molar-refractivity contribution in [3.63, 3.8) is 0 Å². The molecule has 0 atom stereocenters. The Labute approximate surface area is 109 Å². The molecule has 0 bridgehead atoms. The molecule has 2 rings (SSSR count). The molecule has 1 aliphatic rings. The van der Waals surface area contributed by atoms with Gasteiger partial charge in [-0.25, -0.2) is 4.39 Å². The molecule has 0 aromatic heterocycles. The van der Waals surface area contributed by atoms with Crippen LogP contribution in [0.15, 0.2) is 24.3 Å². The van der Waals surface area contributed by atoms with Crippen molar-refractivity contribution in [2.45, 2.75) is 26.3 Å². The molecule has 1 N–H and O–H groups in total. The van der Waals surface area contributed by atoms with E-state index >= 15 is 0 Å². The molecular weight excluding hydrogens is 227 g/mol. The summed E-state index contributed by atoms with van der Waals surface area (Å²) in [7, 11) is 2.08. The number of benzene rings is 1. The van der Waals surface area contributed by atoms with Crippen LogP contribution in [0.25, 0.3) is 0 Å². The molecule has 1 heterocycles. The van der Waals surface area contributed by atoms with Crippen LogP contribution < -0.4 is 5.32 Å². The Balaban J connectivity index is 1.92. The number of hydrogen-bond acceptors (Lipinski definition) is 2. The second-order valence-electron chi connectivity index (χ2n) is 5.82. The molecule has 1 fully saturated rings. The van der Waals surface area contributed by atoms with Gasteiger partial charge in [-0.05, 0) is 44.5 Å². The predicted octanol–water partition coefficient (Wildman–Crippen LogP) is 2.65. The second kappa shape index (κ2) is 5.81. The highest BCUT2D eigenvalue weighted by atomic mass is 19.1. The van der Waals surface area contributed by atoms with E-state index in [-0.39, 0.29) is 5.82 Å². The molecule has 3 heteroatoms. The molecule has 2 nitrogen and oxygen atoms in total. The summed E-state index contributed by atoms with van der Waals surface area (Å²) in [5, 5.41) is 3.39. The van der Waals surface area contributed by atoms with E-state index in [9.17, 15) is 4.39 Å². The van der Waals surface area contributed by atoms with Crippen LogP contribution in [0.2, 0.25) is 0 Å². The Morgan fingerprint density at radius 2 is 1.94 bits per heavy atom. The Morgan fingerprint density at radius 1 is 1.28 bits per heavy atom. The molecule has 1 saturated heterocycles. The molecule has 0 spiro atoms. The average molecular weight is 250 g/mol. The van der Waals surface area contributed by atoms with Crippen molar-refractivity contribution in [1.82, 2.24) is 10.2 Å². The fourth-order valence-electron chi connectivity index (χ4n) is 2.81. The van der Waals surface area contributed by atoms with Gasteiger partial charge in [-0.3, -0.25) is 0 Å². The second-order valence-corrected chi connectivity index (χ2v) is 5.82. The normalized spacial score (nSPS) is 19.1. The summed E-state index contributed by atoms with van der Waals surface area (Å²) in [5.74, 6) is -0.0974. The molecule has 100 valence electrons. The lowest BCUT2D eigenvalue weighted by Gasteiger charge is -2.37. The SMILES string of the molecule is CN(Cc1ccccc1F)CC1(C)CCNCC1. The third-order valence-corrected chi connectivity index (χ3v) is 3.86. The van der Waals surface area contributed by atoms with Crippen molar-refractivity contribution in [2.24, 2.45) is 5.41 Å². The van der Waals surface area contributed by atoms with Gasteiger partial charge in [0, 0.05) is 18.7 Å². The molecule has 1 aromatic carbocycles. The third kappa shape index (κ3) is 3.53. The monoisotopic (exact) mass is 250 g/mol. The molecule has 0 radical (unpaired) electrons. The Kier molecular flexibility index (Phi) is 4.36. The molecule has 0 saturated carbocycles. The van der Waals surface area contributed by atoms with Crippen molar-refractivity contribution in [2.75, 3.05) is 26.7 Å². The first-order chi connectivity index (χ1) is 8.59. The maximum atomic E-state index is 13.6. The average Bonchev–Trinajstić information content (AvgIpc) is 2.32. The van der Waals surface area contributed by atoms with E-state index < -0.39 is 0 Å². The number of rotatable bonds is 4. The van der Waals surface area contributed by atoms with Crippen molar-refractivity contribution in [3.8, 4) is 0 Å². The summed E-state index contributed by atoms with van der Waals surface area (Å²) in [4.78, 5) is 2.24. The molecule has 18 heavy (non-hydrogen) atoms. The minimum Gasteiger partial charge on any atom is -0.317 e. The fraction of sp³-hybridized carbons (Fsp3) is 0.600. The molecule has 0 unspecified atom stereocenters. The summed E-state index contributed by atoms with van der Waals surface area (Å²) in [6.45, 7) is 6.26. The van der Waals surface area contributed by atoms with Crippen LogP contribution in [0, 0.1) is 11.2 Å². The summed E-state index contributed by atoms with van der Waals surface area (Å²) >= 11 is 0. The standard InChI is InChI=1S/C15H23FN2/c1-15(7-9-17-10-8-15)12-18(2)11-13-5-3-4-6-14(13)16/h3-6,17H,7-12H2,1-2H3. The van der Waals surface area contributed by atoms with Crippen molar-refractivity contribution >= 4 is 0 Å². The molecular formula is C15H23FN2. The van der Waals surface area contributed by atoms with E-state index in [0.29, 0.717) is 12.0 Å². The largest absolute Gasteiger partial charge is 0.317 e. The number of piperidine rings is 1. The van der Waals surface area contributed by atoms with Crippen molar-refractivity contribution < 1.29 is 4.39 Å². The van der Waals surface area contributed by atoms with Crippen LogP contribution in [0.5, 0.6) is 0 Å². The zero-order valence-corrected chi connectivity index (χ0v) is 11.4. The fourth-order valence-corrected chi connectivity index (χ4v) is 2.81. The summed E-state index contributed by atoms with van der Waals surface area (Å²) < 4.78 is 13.6. The van der Waals surface area contributed by atoms with E-state index in [1.165, 1.54) is 18.9 Å². The van der Waals surface area contributed by atoms with Gasteiger partial charge in [0.2, 0.25) is 0 Å². The third-order valence-electron chi connectivity index (χ3n) is 3.86. The van der Waals surface area contributed by atoms with Gasteiger partial charge < -0.3 is 10.2 Å². The highest BCUT2D eigenvalue weighted by molar-refractivity contribution is 5.17. The topological polar surface area (TPSA) is 15.3 Å². The number of nitrogens with one attached hydrogen (secondary N) is 1. The lowest BCUT2D eigenvalue weighted by molar-refractivity contribution is 0.142. The van der Waals surface area contributed by atoms with Crippen LogP contribution in [0.3, 0.4) is 0 Å². The zero-order valence-electron chi connectivity index (χ0n) is 11.4. The van der Waals surface area contributed by atoms with Crippen LogP contribution in [-0.4, -0.2) is 31.6 Å². The molecule has 0 amide bonds. The van der Waals surface area contributed by atoms with Gasteiger partial charge in [0.1, 0.15) is 5.82 Å². The minimum atomic E-state index is -0.0974. The highest BCUT2D eigenvalue weighted by Crippen LogP contribution is 2.29. The van der Waals surface area contributed by atoms with E-state index in [1.54, 1.807) is 6.07 Å². The smallest absolute Gasteiger partial charge is 0.127 e. The van der Waals surface area contributed by atoms with Crippen LogP contribution in [0.4, 0.5) is 4.39 Å². The number of halogens is 1. The molecule has 1 aromatic rings. The lowest BCUT2D eigenvalue weighted by Crippen LogP contribution is -2.41. The lowest BCUT2D eigenvalue weighted by atomic mass is 9.80. The van der Waals surface area contributed by atoms with E-state index in [2.05, 4.69) is 24.2 Å². The predicted molar refractivity (Wildman–Crippen MR) is 72.9 cm³/mol. The van der Waals surface area contributed by atoms with E-state index in [1.807, 2.05) is 12.1 Å². The van der Waals surface area contributed by atoms with Crippen LogP contribution in [-0.2, 0) is 6.54 Å². The molecule has 0 aliphatic carbocycles. The van der Waals surface area contributed by atoms with Crippen LogP contribution in [0.1, 0.15) is 25.3 Å². The summed E-state index contributed by atoms with van der Waals surface area (Å²) in [6.07, 6.45) is 2.41. The first-order valence-electron chi connectivity index (χ1n) is 6.72. The van der Waals surface area contributed by atoms with Gasteiger partial charge in [0.15, 0.2) is 0 Å². The van der Waals surface area contributed by atoms with Crippen molar-refractivity contribution in [1.29, 1.82) is 0 Å². The van der Waals surface area contributed by atoms with Gasteiger partial charge >= 0.3 is 0 Å². The Morgan fingerprint density at radius 3 is 2.61 bits per heavy atom. The van der Waals surface area contributed by atoms with E-state index in [0.717, 1.165) is 25.2 Å². The number of nitrogens with zero attached hydrogens (tertiary/aromatic N) is 1. The maximum absolute atomic E-state index is 13.6. The number of hydrogen-bond donors (Lipinski definition) is 1. The zero-order chi connectivity index (χ0) is 13.0. The quantitative estimate of drug-likeness (QED) is 0.884. The Bertz CT molecular complexity index is 386. The minimum absolute atomic E-state index is 0.0974. The van der Waals surface area contributed by atoms with Gasteiger partial charge in [-0.1, -0.05) is 25.1 Å². The summed E-state index contributed by atoms with van der Waals surface area (Å²) in [6, 6.07) is 7.05. The maximum Gasteiger partial charge on any atom is 0.127 e. The first kappa shape index (κ1) is 13.5. The van der Waals surface area contributed by atoms with Gasteiger partial charge in [0.05, 0.1) is 0 Å². The van der Waals surface area contributed by atoms with Gasteiger partial charge in [0.25, 0.3) is 0 Å². The summed E-state index contributed by atoms with van der Waals surface area (Å²) in [5.41, 5.74) is 1.16. The first-order valence-corrected chi connectivity index (χ1v) is 6.72. The highest BCUT2D eigenvalue weighted by Gasteiger charge is 2.27. The van der Waals surface area contributed by atoms with Crippen LogP contribution >= 0.6 is 0 Å². The van der Waals surface area contributed by atoms with Gasteiger partial charge in [-0.2, -0.15) is 0 Å². The Hall–Kier alpha value is -0.930. The molecule has 1 aliphatic heterocycles.